The van der Waals surface area contributed by atoms with Gasteiger partial charge in [0.25, 0.3) is 0 Å². The highest BCUT2D eigenvalue weighted by atomic mass is 15.0. The third kappa shape index (κ3) is 9.35. The van der Waals surface area contributed by atoms with E-state index in [4.69, 9.17) is 15.0 Å². The molecule has 3 aliphatic carbocycles. The van der Waals surface area contributed by atoms with Crippen LogP contribution in [0.3, 0.4) is 0 Å². The van der Waals surface area contributed by atoms with Gasteiger partial charge in [-0.25, -0.2) is 15.0 Å². The Morgan fingerprint density at radius 3 is 1.61 bits per heavy atom. The van der Waals surface area contributed by atoms with E-state index in [2.05, 4.69) is 274 Å². The van der Waals surface area contributed by atoms with Crippen LogP contribution in [0.5, 0.6) is 0 Å². The Morgan fingerprint density at radius 1 is 0.455 bits per heavy atom. The van der Waals surface area contributed by atoms with Crippen LogP contribution in [0.1, 0.15) is 74.8 Å². The molecule has 13 rings (SSSR count). The minimum absolute atomic E-state index is 0.00739. The maximum atomic E-state index is 5.46. The summed E-state index contributed by atoms with van der Waals surface area (Å²) in [6.07, 6.45) is 20.0. The second-order valence-corrected chi connectivity index (χ2v) is 21.8. The van der Waals surface area contributed by atoms with E-state index < -0.39 is 0 Å². The molecular formula is C73H60N4. The van der Waals surface area contributed by atoms with Crippen LogP contribution in [-0.2, 0) is 5.41 Å². The molecule has 372 valence electrons. The van der Waals surface area contributed by atoms with Crippen LogP contribution in [0.2, 0.25) is 0 Å². The maximum Gasteiger partial charge on any atom is 0.164 e. The number of aromatic nitrogens is 4. The smallest absolute Gasteiger partial charge is 0.164 e. The quantitative estimate of drug-likeness (QED) is 0.137. The second kappa shape index (κ2) is 20.3. The lowest BCUT2D eigenvalue weighted by molar-refractivity contribution is 0.485. The molecule has 4 heteroatoms. The maximum absolute atomic E-state index is 5.46. The first kappa shape index (κ1) is 47.7. The number of nitrogens with zero attached hydrogens (tertiary/aromatic N) is 4. The molecule has 0 amide bonds. The monoisotopic (exact) mass is 992 g/mol. The van der Waals surface area contributed by atoms with Crippen molar-refractivity contribution >= 4 is 49.8 Å². The molecule has 10 aromatic rings. The molecule has 0 radical (unpaired) electrons. The molecule has 2 atom stereocenters. The first-order chi connectivity index (χ1) is 37.8. The summed E-state index contributed by atoms with van der Waals surface area (Å²) in [4.78, 5) is 16.1. The summed E-state index contributed by atoms with van der Waals surface area (Å²) < 4.78 is 2.70. The largest absolute Gasteiger partial charge is 0.312 e. The molecule has 0 spiro atoms. The van der Waals surface area contributed by atoms with Crippen molar-refractivity contribution in [2.45, 2.75) is 51.9 Å². The summed E-state index contributed by atoms with van der Waals surface area (Å²) in [6, 6.07) is 75.0. The molecule has 2 unspecified atom stereocenters. The normalized spacial score (nSPS) is 16.6. The Balaban J connectivity index is 1.13. The van der Waals surface area contributed by atoms with E-state index in [0.29, 0.717) is 23.9 Å². The molecule has 0 N–H and O–H groups in total. The van der Waals surface area contributed by atoms with E-state index in [0.717, 1.165) is 41.5 Å². The van der Waals surface area contributed by atoms with Crippen LogP contribution in [0.15, 0.2) is 249 Å². The number of benzene rings is 8. The fourth-order valence-electron chi connectivity index (χ4n) is 11.8. The van der Waals surface area contributed by atoms with Gasteiger partial charge < -0.3 is 4.57 Å². The minimum atomic E-state index is -0.226. The third-order valence-corrected chi connectivity index (χ3v) is 15.8. The lowest BCUT2D eigenvalue weighted by Crippen LogP contribution is -2.24. The Bertz CT molecular complexity index is 4020. The molecule has 2 aromatic heterocycles. The van der Waals surface area contributed by atoms with Crippen LogP contribution in [0.4, 0.5) is 0 Å². The molecule has 0 fully saturated rings. The lowest BCUT2D eigenvalue weighted by Gasteiger charge is -2.36. The highest BCUT2D eigenvalue weighted by molar-refractivity contribution is 6.16. The van der Waals surface area contributed by atoms with Gasteiger partial charge in [-0.2, -0.15) is 0 Å². The van der Waals surface area contributed by atoms with E-state index in [1.165, 1.54) is 83.2 Å². The summed E-state index contributed by atoms with van der Waals surface area (Å²) in [5.74, 6) is 2.23. The van der Waals surface area contributed by atoms with Crippen molar-refractivity contribution in [2.24, 2.45) is 11.8 Å². The fraction of sp³-hybridized carbons (Fsp3) is 0.137. The first-order valence-corrected chi connectivity index (χ1v) is 27.3. The van der Waals surface area contributed by atoms with E-state index in [1.54, 1.807) is 0 Å². The van der Waals surface area contributed by atoms with Gasteiger partial charge in [0.2, 0.25) is 0 Å². The van der Waals surface area contributed by atoms with Crippen molar-refractivity contribution in [3.8, 4) is 44.8 Å². The molecule has 77 heavy (non-hydrogen) atoms. The van der Waals surface area contributed by atoms with Crippen molar-refractivity contribution in [1.82, 2.24) is 19.5 Å². The molecule has 8 aromatic carbocycles. The van der Waals surface area contributed by atoms with E-state index >= 15 is 0 Å². The standard InChI is InChI=1S/C73H60N4/c1-73(2,3)66-48-60(52-28-16-7-17-29-52)45-65-64-44-59(51-26-14-6-15-27-51)42-43-67(64)77(69(65)66)68-62(55-38-34-53(35-39-55)49-22-10-4-11-23-49)46-61(47-63(68)56-40-36-54(37-41-56)50-24-12-5-13-25-50)72-75-70(57-30-18-8-19-31-57)74-71(76-72)58-32-20-9-21-33-58/h4-8,10-20,22-40,42-46,48,56,63H,9,21,41,47H2,1-3H3. The topological polar surface area (TPSA) is 43.6 Å². The Kier molecular flexibility index (Phi) is 12.6. The Hall–Kier alpha value is -8.99. The molecule has 0 bridgehead atoms. The second-order valence-electron chi connectivity index (χ2n) is 21.8. The van der Waals surface area contributed by atoms with Gasteiger partial charge in [0.1, 0.15) is 0 Å². The predicted octanol–water partition coefficient (Wildman–Crippen LogP) is 18.8. The van der Waals surface area contributed by atoms with Crippen LogP contribution in [0, 0.1) is 11.8 Å². The van der Waals surface area contributed by atoms with Crippen LogP contribution in [0.25, 0.3) is 94.6 Å². The van der Waals surface area contributed by atoms with Crippen LogP contribution < -0.4 is 0 Å². The average molecular weight is 993 g/mol. The molecule has 2 heterocycles. The number of hydrogen-bond donors (Lipinski definition) is 0. The fourth-order valence-corrected chi connectivity index (χ4v) is 11.8. The minimum Gasteiger partial charge on any atom is -0.312 e. The van der Waals surface area contributed by atoms with Crippen molar-refractivity contribution in [3.05, 3.63) is 277 Å². The molecule has 0 saturated carbocycles. The van der Waals surface area contributed by atoms with Gasteiger partial charge >= 0.3 is 0 Å². The zero-order valence-corrected chi connectivity index (χ0v) is 43.9. The zero-order chi connectivity index (χ0) is 51.9. The van der Waals surface area contributed by atoms with Crippen molar-refractivity contribution in [1.29, 1.82) is 0 Å². The number of allylic oxidation sites excluding steroid dienone is 12. The molecule has 4 nitrogen and oxygen atoms in total. The third-order valence-electron chi connectivity index (χ3n) is 15.8. The van der Waals surface area contributed by atoms with Gasteiger partial charge in [0.05, 0.1) is 11.0 Å². The van der Waals surface area contributed by atoms with Gasteiger partial charge in [0, 0.05) is 39.1 Å². The summed E-state index contributed by atoms with van der Waals surface area (Å²) in [6.45, 7) is 7.13. The van der Waals surface area contributed by atoms with Gasteiger partial charge in [-0.15, -0.1) is 0 Å². The molecular weight excluding hydrogens is 933 g/mol. The lowest BCUT2D eigenvalue weighted by atomic mass is 9.73. The SMILES string of the molecule is CC(C)(C)c1cc(-c2ccccc2)cc2c3cc(-c4ccccc4)ccc3n(C3=C(c4ccc(-c5ccccc5)cc4)C=C(c4nc(C5=CCCC=C5)nc(-c5ccccc5)n4)CC3C3C=CC(c4ccccc4)=CC3)c12. The van der Waals surface area contributed by atoms with E-state index in [1.807, 2.05) is 0 Å². The highest BCUT2D eigenvalue weighted by Crippen LogP contribution is 2.51. The molecule has 0 saturated heterocycles. The van der Waals surface area contributed by atoms with Gasteiger partial charge in [-0.05, 0) is 129 Å². The summed E-state index contributed by atoms with van der Waals surface area (Å²) in [7, 11) is 0. The van der Waals surface area contributed by atoms with Gasteiger partial charge in [-0.3, -0.25) is 0 Å². The Morgan fingerprint density at radius 2 is 1.00 bits per heavy atom. The predicted molar refractivity (Wildman–Crippen MR) is 323 cm³/mol. The van der Waals surface area contributed by atoms with Crippen LogP contribution >= 0.6 is 0 Å². The average Bonchev–Trinajstić information content (AvgIpc) is 4.02. The summed E-state index contributed by atoms with van der Waals surface area (Å²) in [5.41, 5.74) is 19.9. The summed E-state index contributed by atoms with van der Waals surface area (Å²) in [5, 5.41) is 2.48. The molecule has 3 aliphatic rings. The number of fused-ring (bicyclic) bond motifs is 3. The van der Waals surface area contributed by atoms with Crippen molar-refractivity contribution < 1.29 is 0 Å². The van der Waals surface area contributed by atoms with Crippen LogP contribution in [-0.4, -0.2) is 19.5 Å². The zero-order valence-electron chi connectivity index (χ0n) is 43.9. The van der Waals surface area contributed by atoms with Gasteiger partial charge in [0.15, 0.2) is 17.5 Å². The Labute approximate surface area is 452 Å². The summed E-state index contributed by atoms with van der Waals surface area (Å²) >= 11 is 0. The molecule has 0 aliphatic heterocycles. The highest BCUT2D eigenvalue weighted by Gasteiger charge is 2.36. The van der Waals surface area contributed by atoms with E-state index in [-0.39, 0.29) is 17.3 Å². The number of hydrogen-bond acceptors (Lipinski definition) is 3. The van der Waals surface area contributed by atoms with Crippen molar-refractivity contribution in [2.75, 3.05) is 0 Å². The number of rotatable bonds is 10. The van der Waals surface area contributed by atoms with E-state index in [9.17, 15) is 0 Å². The first-order valence-electron chi connectivity index (χ1n) is 27.3. The van der Waals surface area contributed by atoms with Crippen molar-refractivity contribution in [3.63, 3.8) is 0 Å². The van der Waals surface area contributed by atoms with Gasteiger partial charge in [-0.1, -0.05) is 239 Å².